The molecule has 0 aliphatic carbocycles. The van der Waals surface area contributed by atoms with E-state index in [2.05, 4.69) is 10.0 Å². The van der Waals surface area contributed by atoms with Crippen LogP contribution in [0.3, 0.4) is 0 Å². The van der Waals surface area contributed by atoms with Gasteiger partial charge in [0.1, 0.15) is 18.5 Å². The Labute approximate surface area is 267 Å². The monoisotopic (exact) mass is 659 g/mol. The predicted molar refractivity (Wildman–Crippen MR) is 174 cm³/mol. The first-order valence-corrected chi connectivity index (χ1v) is 18.4. The molecular weight excluding hydrogens is 615 g/mol. The summed E-state index contributed by atoms with van der Waals surface area (Å²) in [6, 6.07) is 19.0. The van der Waals surface area contributed by atoms with E-state index in [0.29, 0.717) is 43.2 Å². The molecule has 10 nitrogen and oxygen atoms in total. The topological polar surface area (TPSA) is 134 Å². The van der Waals surface area contributed by atoms with Gasteiger partial charge in [0.05, 0.1) is 22.0 Å². The van der Waals surface area contributed by atoms with E-state index in [-0.39, 0.29) is 41.1 Å². The molecule has 2 aliphatic rings. The molecule has 3 aromatic rings. The average Bonchev–Trinajstić information content (AvgIpc) is 3.40. The maximum absolute atomic E-state index is 13.4. The second-order valence-electron chi connectivity index (χ2n) is 13.4. The smallest absolute Gasteiger partial charge is 0.243 e. The molecule has 0 radical (unpaired) electrons. The van der Waals surface area contributed by atoms with Crippen molar-refractivity contribution in [2.45, 2.75) is 80.5 Å². The first-order chi connectivity index (χ1) is 21.2. The number of rotatable bonds is 11. The highest BCUT2D eigenvalue weighted by atomic mass is 32.2. The van der Waals surface area contributed by atoms with Crippen LogP contribution < -0.4 is 14.8 Å². The van der Waals surface area contributed by atoms with Gasteiger partial charge in [-0.2, -0.15) is 4.31 Å². The minimum Gasteiger partial charge on any atom is -0.491 e. The molecule has 0 amide bonds. The van der Waals surface area contributed by atoms with Crippen molar-refractivity contribution in [3.63, 3.8) is 0 Å². The van der Waals surface area contributed by atoms with Gasteiger partial charge in [0.15, 0.2) is 0 Å². The molecule has 0 aromatic heterocycles. The maximum Gasteiger partial charge on any atom is 0.243 e. The second kappa shape index (κ2) is 13.3. The lowest BCUT2D eigenvalue weighted by Crippen LogP contribution is -2.47. The van der Waals surface area contributed by atoms with Crippen molar-refractivity contribution in [2.24, 2.45) is 5.41 Å². The van der Waals surface area contributed by atoms with Gasteiger partial charge in [0, 0.05) is 37.8 Å². The summed E-state index contributed by atoms with van der Waals surface area (Å²) in [5.41, 5.74) is -0.627. The van der Waals surface area contributed by atoms with Gasteiger partial charge in [-0.25, -0.2) is 21.6 Å². The summed E-state index contributed by atoms with van der Waals surface area (Å²) in [4.78, 5) is 0.411. The second-order valence-corrected chi connectivity index (χ2v) is 17.0. The molecule has 246 valence electrons. The van der Waals surface area contributed by atoms with E-state index in [1.807, 2.05) is 58.0 Å². The summed E-state index contributed by atoms with van der Waals surface area (Å²) < 4.78 is 68.7. The van der Waals surface area contributed by atoms with Crippen molar-refractivity contribution >= 4 is 30.8 Å². The van der Waals surface area contributed by atoms with Crippen molar-refractivity contribution in [3.05, 3.63) is 66.7 Å². The van der Waals surface area contributed by atoms with Crippen LogP contribution in [0.1, 0.15) is 47.0 Å². The van der Waals surface area contributed by atoms with Crippen molar-refractivity contribution < 1.29 is 31.4 Å². The third-order valence-corrected chi connectivity index (χ3v) is 12.5. The molecule has 12 heteroatoms. The maximum atomic E-state index is 13.4. The predicted octanol–water partition coefficient (Wildman–Crippen LogP) is 3.89. The van der Waals surface area contributed by atoms with Gasteiger partial charge in [-0.1, -0.05) is 57.2 Å². The number of nitrogens with one attached hydrogen (secondary N) is 2. The molecule has 2 fully saturated rings. The standard InChI is InChI=1S/C33H45N3O7S2/c1-24(32(2,3)4)35-44(38,39)30-11-7-10-29(19-30)42-23-28(37)21-34-27-20-33(43-22-27)14-16-36(17-15-33)45(40,41)31-13-12-25-8-5-6-9-26(25)18-31/h5-13,18-19,24,27-28,34-35,37H,14-17,20-23H2,1-4H3/t24-,27?,28+/m1/s1. The molecule has 5 rings (SSSR count). The number of hydrogen-bond acceptors (Lipinski definition) is 8. The molecule has 3 N–H and O–H groups in total. The third-order valence-electron chi connectivity index (χ3n) is 9.03. The Bertz CT molecular complexity index is 1700. The van der Waals surface area contributed by atoms with Crippen molar-refractivity contribution in [2.75, 3.05) is 32.8 Å². The minimum absolute atomic E-state index is 0.0113. The van der Waals surface area contributed by atoms with Crippen molar-refractivity contribution in [1.82, 2.24) is 14.3 Å². The van der Waals surface area contributed by atoms with E-state index < -0.39 is 26.2 Å². The molecule has 0 bridgehead atoms. The molecule has 1 unspecified atom stereocenters. The Hall–Kier alpha value is -2.58. The van der Waals surface area contributed by atoms with Gasteiger partial charge in [-0.15, -0.1) is 0 Å². The van der Waals surface area contributed by atoms with Gasteiger partial charge in [0.2, 0.25) is 20.0 Å². The number of benzene rings is 3. The van der Waals surface area contributed by atoms with Crippen LogP contribution in [0.5, 0.6) is 5.75 Å². The van der Waals surface area contributed by atoms with E-state index in [1.54, 1.807) is 28.6 Å². The first kappa shape index (κ1) is 33.8. The zero-order chi connectivity index (χ0) is 32.5. The lowest BCUT2D eigenvalue weighted by atomic mass is 9.88. The van der Waals surface area contributed by atoms with Crippen LogP contribution in [0.2, 0.25) is 0 Å². The fraction of sp³-hybridized carbons (Fsp3) is 0.515. The van der Waals surface area contributed by atoms with Crippen LogP contribution in [0.15, 0.2) is 76.5 Å². The van der Waals surface area contributed by atoms with Crippen LogP contribution in [-0.2, 0) is 24.8 Å². The molecule has 2 saturated heterocycles. The molecule has 2 heterocycles. The lowest BCUT2D eigenvalue weighted by Gasteiger charge is -2.38. The third kappa shape index (κ3) is 8.05. The van der Waals surface area contributed by atoms with Gasteiger partial charge in [0.25, 0.3) is 0 Å². The number of nitrogens with zero attached hydrogens (tertiary/aromatic N) is 1. The summed E-state index contributed by atoms with van der Waals surface area (Å²) in [7, 11) is -7.34. The summed E-state index contributed by atoms with van der Waals surface area (Å²) >= 11 is 0. The first-order valence-electron chi connectivity index (χ1n) is 15.5. The minimum atomic E-state index is -3.73. The Kier molecular flexibility index (Phi) is 9.96. The van der Waals surface area contributed by atoms with Gasteiger partial charge in [-0.3, -0.25) is 0 Å². The fourth-order valence-electron chi connectivity index (χ4n) is 5.70. The SMILES string of the molecule is C[C@@H](NS(=O)(=O)c1cccc(OC[C@@H](O)CNC2COC3(CCN(S(=O)(=O)c4ccc5ccccc5c4)CC3)C2)c1)C(C)(C)C. The Morgan fingerprint density at radius 3 is 2.40 bits per heavy atom. The van der Waals surface area contributed by atoms with Gasteiger partial charge in [-0.05, 0) is 66.6 Å². The van der Waals surface area contributed by atoms with Crippen LogP contribution >= 0.6 is 0 Å². The molecule has 0 saturated carbocycles. The Morgan fingerprint density at radius 2 is 1.69 bits per heavy atom. The summed E-state index contributed by atoms with van der Waals surface area (Å²) in [5.74, 6) is 0.355. The zero-order valence-corrected chi connectivity index (χ0v) is 28.0. The van der Waals surface area contributed by atoms with E-state index >= 15 is 0 Å². The summed E-state index contributed by atoms with van der Waals surface area (Å²) in [6.45, 7) is 9.25. The van der Waals surface area contributed by atoms with E-state index in [4.69, 9.17) is 9.47 Å². The highest BCUT2D eigenvalue weighted by molar-refractivity contribution is 7.89. The molecular formula is C33H45N3O7S2. The van der Waals surface area contributed by atoms with E-state index in [1.165, 1.54) is 12.1 Å². The Morgan fingerprint density at radius 1 is 0.978 bits per heavy atom. The number of hydrogen-bond donors (Lipinski definition) is 3. The molecule has 1 spiro atoms. The number of aliphatic hydroxyl groups excluding tert-OH is 1. The van der Waals surface area contributed by atoms with Gasteiger partial charge >= 0.3 is 0 Å². The molecule has 45 heavy (non-hydrogen) atoms. The zero-order valence-electron chi connectivity index (χ0n) is 26.4. The van der Waals surface area contributed by atoms with Crippen LogP contribution in [0, 0.1) is 5.41 Å². The number of sulfonamides is 2. The van der Waals surface area contributed by atoms with Crippen LogP contribution in [0.4, 0.5) is 0 Å². The normalized spacial score (nSPS) is 20.8. The summed E-state index contributed by atoms with van der Waals surface area (Å²) in [5, 5.41) is 15.8. The van der Waals surface area contributed by atoms with Crippen molar-refractivity contribution in [1.29, 1.82) is 0 Å². The van der Waals surface area contributed by atoms with Crippen molar-refractivity contribution in [3.8, 4) is 5.75 Å². The fourth-order valence-corrected chi connectivity index (χ4v) is 8.66. The van der Waals surface area contributed by atoms with Gasteiger partial charge < -0.3 is 19.9 Å². The summed E-state index contributed by atoms with van der Waals surface area (Å²) in [6.07, 6.45) is 1.11. The lowest BCUT2D eigenvalue weighted by molar-refractivity contribution is -0.0312. The number of piperidine rings is 1. The molecule has 2 aliphatic heterocycles. The molecule has 3 atom stereocenters. The largest absolute Gasteiger partial charge is 0.491 e. The van der Waals surface area contributed by atoms with Crippen LogP contribution in [-0.4, -0.2) is 82.9 Å². The van der Waals surface area contributed by atoms with E-state index in [0.717, 1.165) is 17.2 Å². The average molecular weight is 660 g/mol. The quantitative estimate of drug-likeness (QED) is 0.282. The highest BCUT2D eigenvalue weighted by Gasteiger charge is 2.44. The number of fused-ring (bicyclic) bond motifs is 1. The highest BCUT2D eigenvalue weighted by Crippen LogP contribution is 2.37. The van der Waals surface area contributed by atoms with Crippen LogP contribution in [0.25, 0.3) is 10.8 Å². The number of aliphatic hydroxyl groups is 1. The van der Waals surface area contributed by atoms with E-state index in [9.17, 15) is 21.9 Å². The molecule has 3 aromatic carbocycles. The number of ether oxygens (including phenoxy) is 2. The Balaban J connectivity index is 1.08.